The fourth-order valence-corrected chi connectivity index (χ4v) is 1.95. The van der Waals surface area contributed by atoms with E-state index in [1.165, 1.54) is 11.1 Å². The molecule has 1 unspecified atom stereocenters. The molecule has 0 amide bonds. The predicted molar refractivity (Wildman–Crippen MR) is 70.1 cm³/mol. The van der Waals surface area contributed by atoms with Gasteiger partial charge in [0.1, 0.15) is 0 Å². The summed E-state index contributed by atoms with van der Waals surface area (Å²) in [4.78, 5) is 0. The number of benzene rings is 1. The van der Waals surface area contributed by atoms with Crippen molar-refractivity contribution in [1.82, 2.24) is 5.32 Å². The molecular formula is C13H18BrN. The number of nitrogens with one attached hydrogen (secondary N) is 1. The summed E-state index contributed by atoms with van der Waals surface area (Å²) in [6, 6.07) is 6.61. The van der Waals surface area contributed by atoms with Crippen LogP contribution in [0.1, 0.15) is 30.5 Å². The van der Waals surface area contributed by atoms with E-state index < -0.39 is 0 Å². The lowest BCUT2D eigenvalue weighted by Crippen LogP contribution is -2.20. The van der Waals surface area contributed by atoms with Crippen LogP contribution in [-0.2, 0) is 0 Å². The van der Waals surface area contributed by atoms with E-state index in [0.29, 0.717) is 0 Å². The summed E-state index contributed by atoms with van der Waals surface area (Å²) in [6.45, 7) is 9.20. The van der Waals surface area contributed by atoms with Crippen LogP contribution in [0.25, 0.3) is 0 Å². The Morgan fingerprint density at radius 3 is 2.87 bits per heavy atom. The molecule has 15 heavy (non-hydrogen) atoms. The zero-order chi connectivity index (χ0) is 11.3. The first-order valence-corrected chi connectivity index (χ1v) is 6.10. The molecule has 0 spiro atoms. The molecule has 1 nitrogen and oxygen atoms in total. The summed E-state index contributed by atoms with van der Waals surface area (Å²) >= 11 is 3.50. The molecule has 1 rings (SSSR count). The number of hydrogen-bond donors (Lipinski definition) is 1. The molecule has 2 heteroatoms. The SMILES string of the molecule is C=CC(NCCC)c1cc(Br)ccc1C. The van der Waals surface area contributed by atoms with Gasteiger partial charge in [-0.3, -0.25) is 0 Å². The Hall–Kier alpha value is -0.600. The Bertz CT molecular complexity index is 333. The summed E-state index contributed by atoms with van der Waals surface area (Å²) in [7, 11) is 0. The summed E-state index contributed by atoms with van der Waals surface area (Å²) < 4.78 is 1.12. The molecule has 0 fully saturated rings. The summed E-state index contributed by atoms with van der Waals surface area (Å²) in [5.74, 6) is 0. The molecular weight excluding hydrogens is 250 g/mol. The van der Waals surface area contributed by atoms with Gasteiger partial charge in [0.15, 0.2) is 0 Å². The van der Waals surface area contributed by atoms with Crippen LogP contribution in [0.4, 0.5) is 0 Å². The van der Waals surface area contributed by atoms with Crippen LogP contribution in [-0.4, -0.2) is 6.54 Å². The van der Waals surface area contributed by atoms with Gasteiger partial charge in [-0.25, -0.2) is 0 Å². The molecule has 1 atom stereocenters. The van der Waals surface area contributed by atoms with Crippen molar-refractivity contribution >= 4 is 15.9 Å². The zero-order valence-electron chi connectivity index (χ0n) is 9.39. The maximum Gasteiger partial charge on any atom is 0.0506 e. The molecule has 0 heterocycles. The van der Waals surface area contributed by atoms with Gasteiger partial charge >= 0.3 is 0 Å². The minimum atomic E-state index is 0.252. The van der Waals surface area contributed by atoms with Gasteiger partial charge in [0.2, 0.25) is 0 Å². The van der Waals surface area contributed by atoms with Gasteiger partial charge in [-0.2, -0.15) is 0 Å². The minimum absolute atomic E-state index is 0.252. The lowest BCUT2D eigenvalue weighted by Gasteiger charge is -2.17. The molecule has 0 saturated heterocycles. The maximum atomic E-state index is 3.88. The molecule has 0 saturated carbocycles. The first-order valence-electron chi connectivity index (χ1n) is 5.31. The highest BCUT2D eigenvalue weighted by Gasteiger charge is 2.09. The second-order valence-electron chi connectivity index (χ2n) is 3.67. The van der Waals surface area contributed by atoms with Crippen LogP contribution in [0.3, 0.4) is 0 Å². The van der Waals surface area contributed by atoms with Crippen molar-refractivity contribution in [1.29, 1.82) is 0 Å². The van der Waals surface area contributed by atoms with Crippen molar-refractivity contribution in [2.24, 2.45) is 0 Å². The first kappa shape index (κ1) is 12.5. The van der Waals surface area contributed by atoms with Crippen LogP contribution in [0.15, 0.2) is 35.3 Å². The highest BCUT2D eigenvalue weighted by Crippen LogP contribution is 2.22. The normalized spacial score (nSPS) is 12.5. The molecule has 0 radical (unpaired) electrons. The van der Waals surface area contributed by atoms with E-state index in [0.717, 1.165) is 17.4 Å². The van der Waals surface area contributed by atoms with Crippen LogP contribution in [0.5, 0.6) is 0 Å². The summed E-state index contributed by atoms with van der Waals surface area (Å²) in [5, 5.41) is 3.46. The molecule has 0 aromatic heterocycles. The number of aryl methyl sites for hydroxylation is 1. The lowest BCUT2D eigenvalue weighted by atomic mass is 10.0. The van der Waals surface area contributed by atoms with E-state index in [1.54, 1.807) is 0 Å². The Balaban J connectivity index is 2.90. The molecule has 0 aliphatic rings. The van der Waals surface area contributed by atoms with Gasteiger partial charge in [0, 0.05) is 4.47 Å². The van der Waals surface area contributed by atoms with Crippen LogP contribution < -0.4 is 5.32 Å². The van der Waals surface area contributed by atoms with Crippen LogP contribution in [0.2, 0.25) is 0 Å². The van der Waals surface area contributed by atoms with Crippen molar-refractivity contribution < 1.29 is 0 Å². The minimum Gasteiger partial charge on any atom is -0.307 e. The van der Waals surface area contributed by atoms with Crippen molar-refractivity contribution in [3.05, 3.63) is 46.5 Å². The van der Waals surface area contributed by atoms with E-state index in [9.17, 15) is 0 Å². The number of rotatable bonds is 5. The Morgan fingerprint density at radius 1 is 1.53 bits per heavy atom. The molecule has 0 aliphatic heterocycles. The molecule has 0 aliphatic carbocycles. The second kappa shape index (κ2) is 6.09. The smallest absolute Gasteiger partial charge is 0.0506 e. The highest BCUT2D eigenvalue weighted by atomic mass is 79.9. The number of halogens is 1. The standard InChI is InChI=1S/C13H18BrN/c1-4-8-15-13(5-2)12-9-11(14)7-6-10(12)3/h5-7,9,13,15H,2,4,8H2,1,3H3. The average Bonchev–Trinajstić information content (AvgIpc) is 2.24. The fraction of sp³-hybridized carbons (Fsp3) is 0.385. The summed E-state index contributed by atoms with van der Waals surface area (Å²) in [5.41, 5.74) is 2.60. The third-order valence-electron chi connectivity index (χ3n) is 2.43. The third-order valence-corrected chi connectivity index (χ3v) is 2.92. The fourth-order valence-electron chi connectivity index (χ4n) is 1.57. The van der Waals surface area contributed by atoms with Gasteiger partial charge in [-0.1, -0.05) is 35.0 Å². The topological polar surface area (TPSA) is 12.0 Å². The van der Waals surface area contributed by atoms with E-state index in [-0.39, 0.29) is 6.04 Å². The Morgan fingerprint density at radius 2 is 2.27 bits per heavy atom. The van der Waals surface area contributed by atoms with E-state index >= 15 is 0 Å². The molecule has 1 aromatic rings. The van der Waals surface area contributed by atoms with Crippen molar-refractivity contribution in [3.63, 3.8) is 0 Å². The average molecular weight is 268 g/mol. The van der Waals surface area contributed by atoms with Crippen LogP contribution in [0, 0.1) is 6.92 Å². The second-order valence-corrected chi connectivity index (χ2v) is 4.58. The largest absolute Gasteiger partial charge is 0.307 e. The Labute approximate surface area is 101 Å². The molecule has 1 aromatic carbocycles. The van der Waals surface area contributed by atoms with Crippen LogP contribution >= 0.6 is 15.9 Å². The molecule has 0 bridgehead atoms. The Kier molecular flexibility index (Phi) is 5.06. The van der Waals surface area contributed by atoms with Gasteiger partial charge in [-0.05, 0) is 43.1 Å². The van der Waals surface area contributed by atoms with E-state index in [2.05, 4.69) is 59.9 Å². The highest BCUT2D eigenvalue weighted by molar-refractivity contribution is 9.10. The molecule has 82 valence electrons. The van der Waals surface area contributed by atoms with Gasteiger partial charge in [0.25, 0.3) is 0 Å². The van der Waals surface area contributed by atoms with E-state index in [4.69, 9.17) is 0 Å². The monoisotopic (exact) mass is 267 g/mol. The van der Waals surface area contributed by atoms with Crippen molar-refractivity contribution in [2.45, 2.75) is 26.3 Å². The van der Waals surface area contributed by atoms with Gasteiger partial charge in [-0.15, -0.1) is 6.58 Å². The van der Waals surface area contributed by atoms with Gasteiger partial charge in [0.05, 0.1) is 6.04 Å². The first-order chi connectivity index (χ1) is 7.19. The maximum absolute atomic E-state index is 3.88. The predicted octanol–water partition coefficient (Wildman–Crippen LogP) is 3.98. The summed E-state index contributed by atoms with van der Waals surface area (Å²) in [6.07, 6.45) is 3.10. The number of hydrogen-bond acceptors (Lipinski definition) is 1. The zero-order valence-corrected chi connectivity index (χ0v) is 11.0. The van der Waals surface area contributed by atoms with Crippen molar-refractivity contribution in [3.8, 4) is 0 Å². The third kappa shape index (κ3) is 3.47. The lowest BCUT2D eigenvalue weighted by molar-refractivity contribution is 0.611. The molecule has 1 N–H and O–H groups in total. The van der Waals surface area contributed by atoms with Gasteiger partial charge < -0.3 is 5.32 Å². The quantitative estimate of drug-likeness (QED) is 0.796. The van der Waals surface area contributed by atoms with E-state index in [1.807, 2.05) is 6.08 Å². The van der Waals surface area contributed by atoms with Crippen molar-refractivity contribution in [2.75, 3.05) is 6.54 Å².